The van der Waals surface area contributed by atoms with E-state index in [-0.39, 0.29) is 5.82 Å². The Bertz CT molecular complexity index is 120. The summed E-state index contributed by atoms with van der Waals surface area (Å²) in [5, 5.41) is 17.2. The summed E-state index contributed by atoms with van der Waals surface area (Å²) in [5.74, 6) is 0.238. The topological polar surface area (TPSA) is 40.5 Å². The fourth-order valence-electron chi connectivity index (χ4n) is 1.54. The highest BCUT2D eigenvalue weighted by Crippen LogP contribution is 2.74. The molecule has 2 rings (SSSR count). The second kappa shape index (κ2) is 1.11. The molecule has 2 fully saturated rings. The van der Waals surface area contributed by atoms with Crippen molar-refractivity contribution in [2.24, 2.45) is 5.41 Å². The van der Waals surface area contributed by atoms with Crippen molar-refractivity contribution in [3.05, 3.63) is 0 Å². The molecule has 0 aromatic carbocycles. The Kier molecular flexibility index (Phi) is 0.672. The van der Waals surface area contributed by atoms with Gasteiger partial charge in [0.25, 0.3) is 0 Å². The molecule has 0 saturated heterocycles. The number of hydrogen-bond acceptors (Lipinski definition) is 2. The van der Waals surface area contributed by atoms with Crippen LogP contribution in [-0.4, -0.2) is 17.2 Å². The van der Waals surface area contributed by atoms with Crippen molar-refractivity contribution in [1.29, 1.82) is 0 Å². The Labute approximate surface area is 48.7 Å². The second-order valence-electron chi connectivity index (χ2n) is 3.09. The zero-order chi connectivity index (χ0) is 5.78. The predicted octanol–water partition coefficient (Wildman–Crippen LogP) is 0.0133. The Hall–Kier alpha value is -0.0151. The normalized spacial score (nSPS) is 37.5. The lowest BCUT2D eigenvalue weighted by molar-refractivity contribution is 0.399. The van der Waals surface area contributed by atoms with Gasteiger partial charge >= 0.3 is 7.12 Å². The van der Waals surface area contributed by atoms with Crippen LogP contribution in [0.25, 0.3) is 0 Å². The summed E-state index contributed by atoms with van der Waals surface area (Å²) in [6.45, 7) is 0. The maximum atomic E-state index is 8.62. The molecule has 0 radical (unpaired) electrons. The van der Waals surface area contributed by atoms with Crippen LogP contribution in [0, 0.1) is 5.41 Å². The maximum absolute atomic E-state index is 8.62. The quantitative estimate of drug-likeness (QED) is 0.469. The van der Waals surface area contributed by atoms with E-state index in [9.17, 15) is 0 Å². The predicted molar refractivity (Wildman–Crippen MR) is 30.2 cm³/mol. The molecule has 3 heteroatoms. The van der Waals surface area contributed by atoms with E-state index in [2.05, 4.69) is 0 Å². The minimum atomic E-state index is -1.03. The van der Waals surface area contributed by atoms with Crippen molar-refractivity contribution in [2.45, 2.75) is 25.1 Å². The highest BCUT2D eigenvalue weighted by atomic mass is 16.4. The van der Waals surface area contributed by atoms with Crippen LogP contribution in [0.2, 0.25) is 5.82 Å². The summed E-state index contributed by atoms with van der Waals surface area (Å²) >= 11 is 0. The first-order valence-corrected chi connectivity index (χ1v) is 3.11. The summed E-state index contributed by atoms with van der Waals surface area (Å²) in [4.78, 5) is 0. The van der Waals surface area contributed by atoms with Gasteiger partial charge in [-0.1, -0.05) is 0 Å². The van der Waals surface area contributed by atoms with Crippen LogP contribution in [0.15, 0.2) is 0 Å². The third kappa shape index (κ3) is 0.460. The van der Waals surface area contributed by atoms with Crippen molar-refractivity contribution in [2.75, 3.05) is 0 Å². The highest BCUT2D eigenvalue weighted by molar-refractivity contribution is 6.45. The van der Waals surface area contributed by atoms with Gasteiger partial charge in [-0.15, -0.1) is 0 Å². The lowest BCUT2D eigenvalue weighted by Crippen LogP contribution is -2.11. The molecule has 0 amide bonds. The molecule has 1 atom stereocenters. The fraction of sp³-hybridized carbons (Fsp3) is 1.00. The third-order valence-corrected chi connectivity index (χ3v) is 2.50. The van der Waals surface area contributed by atoms with Crippen LogP contribution >= 0.6 is 0 Å². The van der Waals surface area contributed by atoms with Gasteiger partial charge in [0, 0.05) is 0 Å². The molecule has 0 aromatic rings. The summed E-state index contributed by atoms with van der Waals surface area (Å²) < 4.78 is 0. The van der Waals surface area contributed by atoms with E-state index in [1.165, 1.54) is 12.8 Å². The molecular weight excluding hydrogens is 103 g/mol. The van der Waals surface area contributed by atoms with Crippen LogP contribution in [0.3, 0.4) is 0 Å². The van der Waals surface area contributed by atoms with Gasteiger partial charge in [0.2, 0.25) is 0 Å². The molecule has 0 aromatic heterocycles. The van der Waals surface area contributed by atoms with Gasteiger partial charge in [-0.2, -0.15) is 0 Å². The van der Waals surface area contributed by atoms with Gasteiger partial charge in [-0.05, 0) is 30.5 Å². The number of rotatable bonds is 1. The van der Waals surface area contributed by atoms with Crippen LogP contribution in [0.4, 0.5) is 0 Å². The van der Waals surface area contributed by atoms with E-state index in [1.807, 2.05) is 0 Å². The molecular formula is C5H9BO2. The van der Waals surface area contributed by atoms with Crippen LogP contribution in [0.1, 0.15) is 19.3 Å². The van der Waals surface area contributed by atoms with Crippen LogP contribution in [0.5, 0.6) is 0 Å². The molecule has 2 aliphatic carbocycles. The Morgan fingerprint density at radius 1 is 1.38 bits per heavy atom. The summed E-state index contributed by atoms with van der Waals surface area (Å²) in [6, 6.07) is 0. The average Bonchev–Trinajstić information content (AvgIpc) is 2.50. The third-order valence-electron chi connectivity index (χ3n) is 2.50. The highest BCUT2D eigenvalue weighted by Gasteiger charge is 2.66. The molecule has 0 bridgehead atoms. The van der Waals surface area contributed by atoms with Gasteiger partial charge in [0.15, 0.2) is 0 Å². The molecule has 2 aliphatic rings. The first kappa shape index (κ1) is 4.83. The Morgan fingerprint density at radius 2 is 2.00 bits per heavy atom. The van der Waals surface area contributed by atoms with Crippen molar-refractivity contribution in [3.8, 4) is 0 Å². The molecule has 44 valence electrons. The standard InChI is InChI=1S/C5H9BO2/c7-6(8)4-3-5(4)1-2-5/h4,7-8H,1-3H2. The lowest BCUT2D eigenvalue weighted by Gasteiger charge is -1.89. The van der Waals surface area contributed by atoms with Crippen molar-refractivity contribution < 1.29 is 10.0 Å². The SMILES string of the molecule is OB(O)C1CC12CC2. The summed E-state index contributed by atoms with van der Waals surface area (Å²) in [7, 11) is -1.03. The van der Waals surface area contributed by atoms with E-state index < -0.39 is 7.12 Å². The van der Waals surface area contributed by atoms with Gasteiger partial charge in [-0.3, -0.25) is 0 Å². The maximum Gasteiger partial charge on any atom is 0.455 e. The molecule has 2 saturated carbocycles. The molecule has 0 heterocycles. The first-order chi connectivity index (χ1) is 3.75. The monoisotopic (exact) mass is 112 g/mol. The Morgan fingerprint density at radius 3 is 2.12 bits per heavy atom. The van der Waals surface area contributed by atoms with Crippen molar-refractivity contribution in [3.63, 3.8) is 0 Å². The summed E-state index contributed by atoms with van der Waals surface area (Å²) in [6.07, 6.45) is 3.52. The van der Waals surface area contributed by atoms with E-state index in [0.29, 0.717) is 5.41 Å². The van der Waals surface area contributed by atoms with Gasteiger partial charge in [-0.25, -0.2) is 0 Å². The second-order valence-corrected chi connectivity index (χ2v) is 3.09. The molecule has 1 unspecified atom stereocenters. The van der Waals surface area contributed by atoms with Crippen molar-refractivity contribution in [1.82, 2.24) is 0 Å². The zero-order valence-electron chi connectivity index (χ0n) is 4.67. The first-order valence-electron chi connectivity index (χ1n) is 3.11. The molecule has 1 spiro atoms. The Balaban J connectivity index is 1.96. The van der Waals surface area contributed by atoms with E-state index in [0.717, 1.165) is 6.42 Å². The zero-order valence-corrected chi connectivity index (χ0v) is 4.67. The lowest BCUT2D eigenvalue weighted by atomic mass is 9.81. The average molecular weight is 112 g/mol. The van der Waals surface area contributed by atoms with E-state index in [4.69, 9.17) is 10.0 Å². The van der Waals surface area contributed by atoms with E-state index >= 15 is 0 Å². The molecule has 8 heavy (non-hydrogen) atoms. The fourth-order valence-corrected chi connectivity index (χ4v) is 1.54. The smallest absolute Gasteiger partial charge is 0.427 e. The molecule has 0 aliphatic heterocycles. The van der Waals surface area contributed by atoms with Gasteiger partial charge in [0.1, 0.15) is 0 Å². The minimum absolute atomic E-state index is 0.238. The van der Waals surface area contributed by atoms with Gasteiger partial charge in [0.05, 0.1) is 0 Å². The van der Waals surface area contributed by atoms with Crippen LogP contribution in [-0.2, 0) is 0 Å². The minimum Gasteiger partial charge on any atom is -0.427 e. The van der Waals surface area contributed by atoms with Crippen molar-refractivity contribution >= 4 is 7.12 Å². The van der Waals surface area contributed by atoms with Gasteiger partial charge < -0.3 is 10.0 Å². The van der Waals surface area contributed by atoms with E-state index in [1.54, 1.807) is 0 Å². The largest absolute Gasteiger partial charge is 0.455 e. The molecule has 2 nitrogen and oxygen atoms in total. The summed E-state index contributed by atoms with van der Waals surface area (Å²) in [5.41, 5.74) is 0.439. The molecule has 2 N–H and O–H groups in total. The van der Waals surface area contributed by atoms with Crippen LogP contribution < -0.4 is 0 Å². The number of hydrogen-bond donors (Lipinski definition) is 2.